The Labute approximate surface area is 452 Å². The van der Waals surface area contributed by atoms with Crippen molar-refractivity contribution in [2.24, 2.45) is 5.41 Å². The van der Waals surface area contributed by atoms with Crippen molar-refractivity contribution in [3.05, 3.63) is 223 Å². The van der Waals surface area contributed by atoms with Crippen molar-refractivity contribution < 1.29 is 37.2 Å². The molecule has 0 saturated heterocycles. The number of hydrogen-bond donors (Lipinski definition) is 0. The third-order valence-corrected chi connectivity index (χ3v) is 13.3. The van der Waals surface area contributed by atoms with Crippen LogP contribution in [0.5, 0.6) is 11.5 Å². The zero-order chi connectivity index (χ0) is 54.3. The quantitative estimate of drug-likeness (QED) is 0.107. The molecule has 366 valence electrons. The van der Waals surface area contributed by atoms with E-state index in [1.807, 2.05) is 88.1 Å². The molecular formula is C67H60N4OPt-2. The maximum absolute atomic E-state index is 9.24. The molecular weight excluding hydrogens is 1070 g/mol. The molecule has 0 amide bonds. The van der Waals surface area contributed by atoms with E-state index in [9.17, 15) is 2.74 Å². The summed E-state index contributed by atoms with van der Waals surface area (Å²) in [6.45, 7) is 20.0. The molecule has 0 unspecified atom stereocenters. The Balaban J connectivity index is 0.00000688. The molecule has 0 aliphatic rings. The zero-order valence-corrected chi connectivity index (χ0v) is 45.0. The molecule has 5 nitrogen and oxygen atoms in total. The molecule has 0 spiro atoms. The van der Waals surface area contributed by atoms with Gasteiger partial charge in [0.25, 0.3) is 6.33 Å². The Morgan fingerprint density at radius 3 is 1.99 bits per heavy atom. The molecule has 3 heterocycles. The SMILES string of the molecule is [2H]c1c([2H])c([2H])c(-c2cccc(-c3cc(C(C)(C)C)cc(C(C)(C)C)c3)c2-[n+]2[c-]n(-c3[c-]c(Oc4[c-]c5c(cc4)c4cc(-c6ccccc6)ccc4n5-c4cc(CC(C)(C)C)ccn4)ccc3)c3ccccc32)c([2H])c1[2H].[Pt]. The Hall–Kier alpha value is -7.33. The summed E-state index contributed by atoms with van der Waals surface area (Å²) in [4.78, 5) is 4.94. The van der Waals surface area contributed by atoms with Crippen LogP contribution in [0.4, 0.5) is 0 Å². The summed E-state index contributed by atoms with van der Waals surface area (Å²) in [5.74, 6) is 1.77. The number of fused-ring (bicyclic) bond motifs is 4. The minimum atomic E-state index is -0.446. The maximum Gasteiger partial charge on any atom is 0.268 e. The maximum atomic E-state index is 9.24. The van der Waals surface area contributed by atoms with E-state index in [0.717, 1.165) is 78.5 Å². The van der Waals surface area contributed by atoms with Crippen LogP contribution in [0.15, 0.2) is 188 Å². The van der Waals surface area contributed by atoms with E-state index in [4.69, 9.17) is 13.8 Å². The molecule has 0 bridgehead atoms. The monoisotopic (exact) mass is 1140 g/mol. The summed E-state index contributed by atoms with van der Waals surface area (Å²) in [6, 6.07) is 56.9. The van der Waals surface area contributed by atoms with E-state index in [0.29, 0.717) is 28.4 Å². The zero-order valence-electron chi connectivity index (χ0n) is 47.7. The fourth-order valence-electron chi connectivity index (χ4n) is 9.74. The summed E-state index contributed by atoms with van der Waals surface area (Å²) in [5.41, 5.74) is 12.5. The number of benzene rings is 8. The molecule has 0 aliphatic carbocycles. The van der Waals surface area contributed by atoms with Crippen LogP contribution in [0, 0.1) is 23.9 Å². The molecule has 0 atom stereocenters. The number of imidazole rings is 1. The number of para-hydroxylation sites is 3. The molecule has 3 aromatic heterocycles. The Morgan fingerprint density at radius 1 is 0.575 bits per heavy atom. The number of nitrogens with zero attached hydrogens (tertiary/aromatic N) is 4. The summed E-state index contributed by atoms with van der Waals surface area (Å²) >= 11 is 0. The van der Waals surface area contributed by atoms with E-state index in [1.54, 1.807) is 0 Å². The van der Waals surface area contributed by atoms with Crippen LogP contribution in [0.2, 0.25) is 0 Å². The van der Waals surface area contributed by atoms with Crippen molar-refractivity contribution in [1.82, 2.24) is 14.1 Å². The first-order valence-corrected chi connectivity index (χ1v) is 24.7. The third kappa shape index (κ3) is 9.84. The molecule has 0 fully saturated rings. The van der Waals surface area contributed by atoms with E-state index in [1.165, 1.54) is 5.56 Å². The molecule has 11 aromatic rings. The number of pyridine rings is 1. The normalized spacial score (nSPS) is 13.1. The van der Waals surface area contributed by atoms with Crippen LogP contribution in [0.1, 0.15) is 85.9 Å². The van der Waals surface area contributed by atoms with Gasteiger partial charge in [-0.15, -0.1) is 29.7 Å². The van der Waals surface area contributed by atoms with Gasteiger partial charge in [0.05, 0.1) is 23.6 Å². The smallest absolute Gasteiger partial charge is 0.268 e. The summed E-state index contributed by atoms with van der Waals surface area (Å²) in [5, 5.41) is 2.10. The number of rotatable bonds is 9. The minimum absolute atomic E-state index is 0. The fraction of sp³-hybridized carbons (Fsp3) is 0.194. The second-order valence-corrected chi connectivity index (χ2v) is 22.0. The van der Waals surface area contributed by atoms with Crippen LogP contribution in [0.3, 0.4) is 0 Å². The van der Waals surface area contributed by atoms with E-state index in [2.05, 4.69) is 164 Å². The molecule has 0 N–H and O–H groups in total. The topological polar surface area (TPSA) is 35.9 Å². The molecule has 11 rings (SSSR count). The first-order valence-electron chi connectivity index (χ1n) is 27.2. The van der Waals surface area contributed by atoms with Gasteiger partial charge < -0.3 is 13.9 Å². The van der Waals surface area contributed by atoms with Crippen molar-refractivity contribution in [2.75, 3.05) is 0 Å². The largest absolute Gasteiger partial charge is 0.510 e. The van der Waals surface area contributed by atoms with Gasteiger partial charge in [-0.2, -0.15) is 18.2 Å². The van der Waals surface area contributed by atoms with Gasteiger partial charge in [0.15, 0.2) is 0 Å². The molecule has 0 radical (unpaired) electrons. The van der Waals surface area contributed by atoms with Gasteiger partial charge in [-0.3, -0.25) is 4.57 Å². The Kier molecular flexibility index (Phi) is 11.4. The van der Waals surface area contributed by atoms with E-state index in [-0.39, 0.29) is 55.0 Å². The molecule has 73 heavy (non-hydrogen) atoms. The molecule has 0 saturated carbocycles. The molecule has 0 aliphatic heterocycles. The predicted molar refractivity (Wildman–Crippen MR) is 297 cm³/mol. The average Bonchev–Trinajstić information content (AvgIpc) is 4.09. The van der Waals surface area contributed by atoms with Crippen molar-refractivity contribution in [2.45, 2.75) is 79.6 Å². The number of hydrogen-bond acceptors (Lipinski definition) is 2. The van der Waals surface area contributed by atoms with Crippen LogP contribution in [0.25, 0.3) is 83.4 Å². The first kappa shape index (κ1) is 43.3. The number of ether oxygens (including phenoxy) is 1. The average molecular weight is 1140 g/mol. The second kappa shape index (κ2) is 19.3. The van der Waals surface area contributed by atoms with Crippen molar-refractivity contribution in [3.8, 4) is 62.1 Å². The predicted octanol–water partition coefficient (Wildman–Crippen LogP) is 16.8. The van der Waals surface area contributed by atoms with E-state index >= 15 is 0 Å². The van der Waals surface area contributed by atoms with Gasteiger partial charge in [0, 0.05) is 44.3 Å². The van der Waals surface area contributed by atoms with E-state index < -0.39 is 18.1 Å². The summed E-state index contributed by atoms with van der Waals surface area (Å²) in [6.07, 6.45) is 6.46. The van der Waals surface area contributed by atoms with Crippen LogP contribution in [-0.2, 0) is 38.3 Å². The van der Waals surface area contributed by atoms with Gasteiger partial charge in [-0.25, -0.2) is 4.98 Å². The number of aromatic nitrogens is 4. The van der Waals surface area contributed by atoms with Gasteiger partial charge in [0.2, 0.25) is 0 Å². The van der Waals surface area contributed by atoms with Gasteiger partial charge in [-0.1, -0.05) is 201 Å². The van der Waals surface area contributed by atoms with Crippen LogP contribution >= 0.6 is 0 Å². The third-order valence-electron chi connectivity index (χ3n) is 13.3. The minimum Gasteiger partial charge on any atom is -0.510 e. The fourth-order valence-corrected chi connectivity index (χ4v) is 9.74. The molecule has 8 aromatic carbocycles. The summed E-state index contributed by atoms with van der Waals surface area (Å²) in [7, 11) is 0. The summed E-state index contributed by atoms with van der Waals surface area (Å²) < 4.78 is 57.3. The molecule has 6 heteroatoms. The van der Waals surface area contributed by atoms with Crippen molar-refractivity contribution >= 4 is 32.8 Å². The second-order valence-electron chi connectivity index (χ2n) is 22.0. The van der Waals surface area contributed by atoms with Gasteiger partial charge in [0.1, 0.15) is 5.82 Å². The van der Waals surface area contributed by atoms with Crippen LogP contribution < -0.4 is 9.30 Å². The van der Waals surface area contributed by atoms with Crippen molar-refractivity contribution in [3.63, 3.8) is 0 Å². The van der Waals surface area contributed by atoms with Crippen LogP contribution in [-0.4, -0.2) is 14.1 Å². The van der Waals surface area contributed by atoms with Gasteiger partial charge >= 0.3 is 0 Å². The standard InChI is InChI=1S/C67H60N4O.Pt/c1-65(2,3)43-45-34-35-68-63(36-45)71-59-33-30-48(46-20-12-10-13-21-46)39-58(59)57-32-31-54(42-62(57)71)72-53-25-18-24-52(41-53)69-44-70(61-29-17-16-28-60(61)69)64-55(47-22-14-11-15-23-47)26-19-27-56(64)49-37-50(66(4,5)6)40-51(38-49)67(7,8)9;/h10-40H,43H2,1-9H3;/q-2;/i11D,14D,15D,22D,23D;. The Bertz CT molecular complexity index is 4060. The Morgan fingerprint density at radius 2 is 1.26 bits per heavy atom. The first-order chi connectivity index (χ1) is 36.6. The van der Waals surface area contributed by atoms with Crippen molar-refractivity contribution in [1.29, 1.82) is 0 Å². The van der Waals surface area contributed by atoms with Gasteiger partial charge in [-0.05, 0) is 102 Å².